The van der Waals surface area contributed by atoms with Gasteiger partial charge < -0.3 is 5.73 Å². The normalized spacial score (nSPS) is 10.8. The van der Waals surface area contributed by atoms with Gasteiger partial charge in [0.15, 0.2) is 0 Å². The lowest BCUT2D eigenvalue weighted by Crippen LogP contribution is -2.14. The highest BCUT2D eigenvalue weighted by atomic mass is 19.1. The van der Waals surface area contributed by atoms with Crippen LogP contribution in [0, 0.1) is 12.9 Å². The van der Waals surface area contributed by atoms with E-state index < -0.39 is 11.9 Å². The molecule has 0 aliphatic carbocycles. The first kappa shape index (κ1) is 13.2. The van der Waals surface area contributed by atoms with Gasteiger partial charge in [0.2, 0.25) is 11.9 Å². The molecule has 0 aliphatic heterocycles. The summed E-state index contributed by atoms with van der Waals surface area (Å²) in [7, 11) is 0. The lowest BCUT2D eigenvalue weighted by Gasteiger charge is -2.09. The first-order chi connectivity index (χ1) is 10.1. The molecule has 0 unspecified atom stereocenters. The molecule has 0 spiro atoms. The zero-order valence-electron chi connectivity index (χ0n) is 11.3. The van der Waals surface area contributed by atoms with Gasteiger partial charge in [0.1, 0.15) is 0 Å². The summed E-state index contributed by atoms with van der Waals surface area (Å²) in [6.07, 6.45) is 1.61. The van der Waals surface area contributed by atoms with E-state index in [0.717, 1.165) is 17.0 Å². The van der Waals surface area contributed by atoms with Crippen molar-refractivity contribution in [3.63, 3.8) is 0 Å². The second-order valence-electron chi connectivity index (χ2n) is 4.75. The van der Waals surface area contributed by atoms with Gasteiger partial charge in [-0.1, -0.05) is 18.2 Å². The molecule has 0 saturated carbocycles. The number of para-hydroxylation sites is 1. The van der Waals surface area contributed by atoms with Crippen LogP contribution >= 0.6 is 0 Å². The second-order valence-corrected chi connectivity index (χ2v) is 4.75. The van der Waals surface area contributed by atoms with Crippen LogP contribution in [-0.4, -0.2) is 15.9 Å². The van der Waals surface area contributed by atoms with E-state index in [4.69, 9.17) is 5.73 Å². The Morgan fingerprint density at radius 1 is 1.24 bits per heavy atom. The van der Waals surface area contributed by atoms with Gasteiger partial charge in [-0.05, 0) is 24.6 Å². The highest BCUT2D eigenvalue weighted by Gasteiger charge is 2.15. The topological polar surface area (TPSA) is 68.9 Å². The number of pyridine rings is 2. The molecule has 1 amide bonds. The minimum absolute atomic E-state index is 0.130. The lowest BCUT2D eigenvalue weighted by molar-refractivity contribution is 0.0999. The average Bonchev–Trinajstić information content (AvgIpc) is 2.48. The van der Waals surface area contributed by atoms with Gasteiger partial charge in [-0.25, -0.2) is 4.98 Å². The molecule has 0 saturated heterocycles. The minimum Gasteiger partial charge on any atom is -0.366 e. The maximum Gasteiger partial charge on any atom is 0.249 e. The number of aromatic nitrogens is 2. The molecular weight excluding hydrogens is 269 g/mol. The number of rotatable bonds is 2. The van der Waals surface area contributed by atoms with Gasteiger partial charge in [-0.3, -0.25) is 9.78 Å². The van der Waals surface area contributed by atoms with Crippen LogP contribution in [-0.2, 0) is 0 Å². The van der Waals surface area contributed by atoms with Crippen LogP contribution in [0.4, 0.5) is 4.39 Å². The number of benzene rings is 1. The molecule has 2 aromatic heterocycles. The molecule has 0 atom stereocenters. The Kier molecular flexibility index (Phi) is 3.10. The third-order valence-electron chi connectivity index (χ3n) is 3.37. The van der Waals surface area contributed by atoms with E-state index in [-0.39, 0.29) is 5.56 Å². The third kappa shape index (κ3) is 2.33. The fourth-order valence-electron chi connectivity index (χ4n) is 2.32. The summed E-state index contributed by atoms with van der Waals surface area (Å²) in [5, 5.41) is 0.918. The van der Waals surface area contributed by atoms with Crippen molar-refractivity contribution in [3.8, 4) is 11.3 Å². The number of amides is 1. The van der Waals surface area contributed by atoms with Gasteiger partial charge in [-0.2, -0.15) is 4.39 Å². The summed E-state index contributed by atoms with van der Waals surface area (Å²) in [6.45, 7) is 1.69. The van der Waals surface area contributed by atoms with E-state index in [9.17, 15) is 9.18 Å². The first-order valence-electron chi connectivity index (χ1n) is 6.38. The molecule has 4 nitrogen and oxygen atoms in total. The molecule has 5 heteroatoms. The molecule has 0 fully saturated rings. The van der Waals surface area contributed by atoms with E-state index in [0.29, 0.717) is 16.8 Å². The Hall–Kier alpha value is -2.82. The van der Waals surface area contributed by atoms with Crippen molar-refractivity contribution in [2.75, 3.05) is 0 Å². The highest BCUT2D eigenvalue weighted by molar-refractivity contribution is 5.96. The molecule has 0 radical (unpaired) electrons. The summed E-state index contributed by atoms with van der Waals surface area (Å²) in [4.78, 5) is 19.6. The van der Waals surface area contributed by atoms with Gasteiger partial charge >= 0.3 is 0 Å². The number of hydrogen-bond acceptors (Lipinski definition) is 3. The van der Waals surface area contributed by atoms with E-state index >= 15 is 0 Å². The molecule has 0 bridgehead atoms. The van der Waals surface area contributed by atoms with E-state index in [1.807, 2.05) is 30.3 Å². The summed E-state index contributed by atoms with van der Waals surface area (Å²) in [6, 6.07) is 10.5. The first-order valence-corrected chi connectivity index (χ1v) is 6.38. The zero-order valence-corrected chi connectivity index (χ0v) is 11.3. The Morgan fingerprint density at radius 3 is 2.76 bits per heavy atom. The summed E-state index contributed by atoms with van der Waals surface area (Å²) < 4.78 is 13.6. The van der Waals surface area contributed by atoms with Crippen LogP contribution in [0.1, 0.15) is 15.9 Å². The standard InChI is InChI=1S/C16H12FN3O/c1-9-12(16(18)21)7-14(17)20-15(9)11-6-10-4-2-3-5-13(10)19-8-11/h2-8H,1H3,(H2,18,21). The Labute approximate surface area is 120 Å². The van der Waals surface area contributed by atoms with Crippen molar-refractivity contribution in [1.82, 2.24) is 9.97 Å². The number of nitrogens with zero attached hydrogens (tertiary/aromatic N) is 2. The van der Waals surface area contributed by atoms with Crippen molar-refractivity contribution < 1.29 is 9.18 Å². The maximum absolute atomic E-state index is 13.6. The summed E-state index contributed by atoms with van der Waals surface area (Å²) >= 11 is 0. The number of carbonyl (C=O) groups excluding carboxylic acids is 1. The number of primary amides is 1. The van der Waals surface area contributed by atoms with Crippen LogP contribution in [0.15, 0.2) is 42.6 Å². The van der Waals surface area contributed by atoms with Crippen molar-refractivity contribution >= 4 is 16.8 Å². The second kappa shape index (κ2) is 4.94. The molecule has 21 heavy (non-hydrogen) atoms. The van der Waals surface area contributed by atoms with Crippen LogP contribution < -0.4 is 5.73 Å². The van der Waals surface area contributed by atoms with Gasteiger partial charge in [0, 0.05) is 28.8 Å². The number of carbonyl (C=O) groups is 1. The van der Waals surface area contributed by atoms with Crippen LogP contribution in [0.25, 0.3) is 22.2 Å². The maximum atomic E-state index is 13.6. The molecule has 0 aliphatic rings. The van der Waals surface area contributed by atoms with Crippen LogP contribution in [0.2, 0.25) is 0 Å². The van der Waals surface area contributed by atoms with Gasteiger partial charge in [0.05, 0.1) is 11.2 Å². The molecular formula is C16H12FN3O. The highest BCUT2D eigenvalue weighted by Crippen LogP contribution is 2.26. The molecule has 2 N–H and O–H groups in total. The van der Waals surface area contributed by atoms with E-state index in [1.54, 1.807) is 13.1 Å². The van der Waals surface area contributed by atoms with Crippen LogP contribution in [0.5, 0.6) is 0 Å². The molecule has 3 rings (SSSR count). The van der Waals surface area contributed by atoms with Crippen molar-refractivity contribution in [2.24, 2.45) is 5.73 Å². The van der Waals surface area contributed by atoms with Crippen molar-refractivity contribution in [3.05, 3.63) is 59.7 Å². The largest absolute Gasteiger partial charge is 0.366 e. The predicted molar refractivity (Wildman–Crippen MR) is 78.2 cm³/mol. The SMILES string of the molecule is Cc1c(C(N)=O)cc(F)nc1-c1cnc2ccccc2c1. The molecule has 3 aromatic rings. The smallest absolute Gasteiger partial charge is 0.249 e. The summed E-state index contributed by atoms with van der Waals surface area (Å²) in [5.41, 5.74) is 7.81. The Bertz CT molecular complexity index is 861. The van der Waals surface area contributed by atoms with Crippen molar-refractivity contribution in [1.29, 1.82) is 0 Å². The molecule has 1 aromatic carbocycles. The average molecular weight is 281 g/mol. The summed E-state index contributed by atoms with van der Waals surface area (Å²) in [5.74, 6) is -1.42. The van der Waals surface area contributed by atoms with E-state index in [1.165, 1.54) is 0 Å². The van der Waals surface area contributed by atoms with Crippen LogP contribution in [0.3, 0.4) is 0 Å². The fourth-order valence-corrected chi connectivity index (χ4v) is 2.32. The van der Waals surface area contributed by atoms with E-state index in [2.05, 4.69) is 9.97 Å². The molecule has 104 valence electrons. The minimum atomic E-state index is -0.738. The van der Waals surface area contributed by atoms with Gasteiger partial charge in [-0.15, -0.1) is 0 Å². The predicted octanol–water partition coefficient (Wildman–Crippen LogP) is 2.84. The Morgan fingerprint density at radius 2 is 2.00 bits per heavy atom. The zero-order chi connectivity index (χ0) is 15.0. The number of hydrogen-bond donors (Lipinski definition) is 1. The van der Waals surface area contributed by atoms with Crippen molar-refractivity contribution in [2.45, 2.75) is 6.92 Å². The number of nitrogens with two attached hydrogens (primary N) is 1. The lowest BCUT2D eigenvalue weighted by atomic mass is 10.0. The monoisotopic (exact) mass is 281 g/mol. The fraction of sp³-hybridized carbons (Fsp3) is 0.0625. The Balaban J connectivity index is 2.24. The van der Waals surface area contributed by atoms with Gasteiger partial charge in [0.25, 0.3) is 0 Å². The molecule has 2 heterocycles. The third-order valence-corrected chi connectivity index (χ3v) is 3.37. The number of fused-ring (bicyclic) bond motifs is 1. The quantitative estimate of drug-likeness (QED) is 0.734. The number of halogens is 1.